The molecule has 0 unspecified atom stereocenters. The van der Waals surface area contributed by atoms with Crippen molar-refractivity contribution in [2.45, 2.75) is 46.1 Å². The first kappa shape index (κ1) is 16.2. The van der Waals surface area contributed by atoms with Gasteiger partial charge >= 0.3 is 0 Å². The van der Waals surface area contributed by atoms with Crippen LogP contribution in [0.5, 0.6) is 0 Å². The zero-order valence-corrected chi connectivity index (χ0v) is 14.3. The van der Waals surface area contributed by atoms with Crippen LogP contribution in [0.2, 0.25) is 0 Å². The van der Waals surface area contributed by atoms with Crippen molar-refractivity contribution in [3.8, 4) is 0 Å². The summed E-state index contributed by atoms with van der Waals surface area (Å²) < 4.78 is 0. The third-order valence-corrected chi connectivity index (χ3v) is 5.51. The van der Waals surface area contributed by atoms with E-state index in [1.807, 2.05) is 11.3 Å². The van der Waals surface area contributed by atoms with E-state index < -0.39 is 0 Å². The number of hydrogen-bond acceptors (Lipinski definition) is 2. The van der Waals surface area contributed by atoms with Crippen molar-refractivity contribution in [1.29, 1.82) is 0 Å². The third kappa shape index (κ3) is 5.02. The summed E-state index contributed by atoms with van der Waals surface area (Å²) in [7, 11) is 2.25. The standard InChI is InChI=1S/C15H26BrNS/c1-4-8-15(12-16,9-5-2)13-17(3)11-14-7-6-10-18-14/h6-7,10H,4-5,8-9,11-13H2,1-3H3. The fraction of sp³-hybridized carbons (Fsp3) is 0.733. The lowest BCUT2D eigenvalue weighted by Gasteiger charge is -2.35. The summed E-state index contributed by atoms with van der Waals surface area (Å²) in [5.74, 6) is 0. The molecule has 0 aliphatic carbocycles. The van der Waals surface area contributed by atoms with Gasteiger partial charge in [-0.2, -0.15) is 0 Å². The van der Waals surface area contributed by atoms with E-state index in [1.54, 1.807) is 0 Å². The molecule has 0 amide bonds. The number of hydrogen-bond donors (Lipinski definition) is 0. The molecular formula is C15H26BrNS. The molecule has 0 radical (unpaired) electrons. The second-order valence-electron chi connectivity index (χ2n) is 5.39. The highest BCUT2D eigenvalue weighted by atomic mass is 79.9. The van der Waals surface area contributed by atoms with Gasteiger partial charge in [0, 0.05) is 23.3 Å². The zero-order valence-electron chi connectivity index (χ0n) is 11.9. The molecule has 0 spiro atoms. The Morgan fingerprint density at radius 2 is 1.94 bits per heavy atom. The van der Waals surface area contributed by atoms with Gasteiger partial charge in [-0.15, -0.1) is 11.3 Å². The Bertz CT molecular complexity index is 304. The Hall–Kier alpha value is 0.140. The second-order valence-corrected chi connectivity index (χ2v) is 6.98. The van der Waals surface area contributed by atoms with Crippen molar-refractivity contribution in [2.75, 3.05) is 18.9 Å². The lowest BCUT2D eigenvalue weighted by Crippen LogP contribution is -2.36. The summed E-state index contributed by atoms with van der Waals surface area (Å²) in [4.78, 5) is 3.95. The molecule has 0 atom stereocenters. The molecule has 0 fully saturated rings. The molecule has 0 bridgehead atoms. The van der Waals surface area contributed by atoms with Gasteiger partial charge in [0.1, 0.15) is 0 Å². The predicted octanol–water partition coefficient (Wildman–Crippen LogP) is 5.16. The summed E-state index contributed by atoms with van der Waals surface area (Å²) in [6.45, 7) is 6.87. The van der Waals surface area contributed by atoms with Crippen molar-refractivity contribution in [3.63, 3.8) is 0 Å². The fourth-order valence-corrected chi connectivity index (χ4v) is 4.34. The smallest absolute Gasteiger partial charge is 0.0325 e. The van der Waals surface area contributed by atoms with Crippen LogP contribution in [-0.2, 0) is 6.54 Å². The summed E-state index contributed by atoms with van der Waals surface area (Å²) in [5, 5.41) is 3.29. The van der Waals surface area contributed by atoms with E-state index in [1.165, 1.54) is 37.1 Å². The van der Waals surface area contributed by atoms with E-state index in [0.29, 0.717) is 5.41 Å². The highest BCUT2D eigenvalue weighted by Crippen LogP contribution is 2.33. The highest BCUT2D eigenvalue weighted by Gasteiger charge is 2.28. The number of alkyl halides is 1. The monoisotopic (exact) mass is 331 g/mol. The molecule has 0 aromatic carbocycles. The van der Waals surface area contributed by atoms with Gasteiger partial charge in [0.2, 0.25) is 0 Å². The maximum Gasteiger partial charge on any atom is 0.0325 e. The topological polar surface area (TPSA) is 3.24 Å². The minimum absolute atomic E-state index is 0.454. The minimum Gasteiger partial charge on any atom is -0.301 e. The largest absolute Gasteiger partial charge is 0.301 e. The van der Waals surface area contributed by atoms with E-state index in [0.717, 1.165) is 11.9 Å². The third-order valence-electron chi connectivity index (χ3n) is 3.46. The van der Waals surface area contributed by atoms with Gasteiger partial charge in [-0.05, 0) is 36.8 Å². The highest BCUT2D eigenvalue weighted by molar-refractivity contribution is 9.09. The Kier molecular flexibility index (Phi) is 7.50. The van der Waals surface area contributed by atoms with Crippen molar-refractivity contribution < 1.29 is 0 Å². The van der Waals surface area contributed by atoms with Gasteiger partial charge in [-0.1, -0.05) is 48.7 Å². The first-order valence-corrected chi connectivity index (χ1v) is 8.93. The van der Waals surface area contributed by atoms with E-state index in [-0.39, 0.29) is 0 Å². The molecule has 1 heterocycles. The van der Waals surface area contributed by atoms with E-state index in [9.17, 15) is 0 Å². The molecule has 0 saturated heterocycles. The van der Waals surface area contributed by atoms with Gasteiger partial charge in [-0.3, -0.25) is 0 Å². The van der Waals surface area contributed by atoms with Crippen molar-refractivity contribution in [2.24, 2.45) is 5.41 Å². The molecule has 1 nitrogen and oxygen atoms in total. The SMILES string of the molecule is CCCC(CBr)(CCC)CN(C)Cc1cccs1. The van der Waals surface area contributed by atoms with Crippen LogP contribution in [0.15, 0.2) is 17.5 Å². The molecule has 1 aromatic heterocycles. The lowest BCUT2D eigenvalue weighted by molar-refractivity contribution is 0.167. The molecular weight excluding hydrogens is 306 g/mol. The van der Waals surface area contributed by atoms with E-state index in [4.69, 9.17) is 0 Å². The lowest BCUT2D eigenvalue weighted by atomic mass is 9.81. The average Bonchev–Trinajstić information content (AvgIpc) is 2.82. The maximum absolute atomic E-state index is 3.76. The summed E-state index contributed by atoms with van der Waals surface area (Å²) in [5.41, 5.74) is 0.454. The number of halogens is 1. The first-order chi connectivity index (χ1) is 8.65. The molecule has 0 aliphatic rings. The summed E-state index contributed by atoms with van der Waals surface area (Å²) in [6, 6.07) is 4.38. The summed E-state index contributed by atoms with van der Waals surface area (Å²) in [6.07, 6.45) is 5.19. The average molecular weight is 332 g/mol. The molecule has 104 valence electrons. The molecule has 1 rings (SSSR count). The van der Waals surface area contributed by atoms with Gasteiger partial charge in [0.15, 0.2) is 0 Å². The molecule has 1 aromatic rings. The van der Waals surface area contributed by atoms with E-state index >= 15 is 0 Å². The Morgan fingerprint density at radius 3 is 2.39 bits per heavy atom. The van der Waals surface area contributed by atoms with Crippen LogP contribution in [0, 0.1) is 5.41 Å². The van der Waals surface area contributed by atoms with Crippen LogP contribution < -0.4 is 0 Å². The van der Waals surface area contributed by atoms with Crippen molar-refractivity contribution >= 4 is 27.3 Å². The number of nitrogens with zero attached hydrogens (tertiary/aromatic N) is 1. The normalized spacial score (nSPS) is 12.3. The van der Waals surface area contributed by atoms with Crippen LogP contribution >= 0.6 is 27.3 Å². The Labute approximate surface area is 125 Å². The zero-order chi connectivity index (χ0) is 13.4. The fourth-order valence-electron chi connectivity index (χ4n) is 2.82. The molecule has 0 saturated carbocycles. The Morgan fingerprint density at radius 1 is 1.28 bits per heavy atom. The Balaban J connectivity index is 2.58. The number of rotatable bonds is 9. The van der Waals surface area contributed by atoms with Gasteiger partial charge in [0.05, 0.1) is 0 Å². The van der Waals surface area contributed by atoms with Crippen molar-refractivity contribution in [1.82, 2.24) is 4.90 Å². The molecule has 0 N–H and O–H groups in total. The quantitative estimate of drug-likeness (QED) is 0.565. The van der Waals surface area contributed by atoms with Gasteiger partial charge in [-0.25, -0.2) is 0 Å². The molecule has 18 heavy (non-hydrogen) atoms. The maximum atomic E-state index is 3.76. The van der Waals surface area contributed by atoms with E-state index in [2.05, 4.69) is 59.2 Å². The molecule has 0 aliphatic heterocycles. The van der Waals surface area contributed by atoms with Crippen LogP contribution in [-0.4, -0.2) is 23.8 Å². The van der Waals surface area contributed by atoms with Crippen molar-refractivity contribution in [3.05, 3.63) is 22.4 Å². The predicted molar refractivity (Wildman–Crippen MR) is 86.7 cm³/mol. The molecule has 3 heteroatoms. The van der Waals surface area contributed by atoms with Crippen LogP contribution in [0.3, 0.4) is 0 Å². The van der Waals surface area contributed by atoms with Crippen LogP contribution in [0.25, 0.3) is 0 Å². The first-order valence-electron chi connectivity index (χ1n) is 6.92. The minimum atomic E-state index is 0.454. The van der Waals surface area contributed by atoms with Crippen LogP contribution in [0.1, 0.15) is 44.4 Å². The van der Waals surface area contributed by atoms with Gasteiger partial charge in [0.25, 0.3) is 0 Å². The van der Waals surface area contributed by atoms with Crippen LogP contribution in [0.4, 0.5) is 0 Å². The van der Waals surface area contributed by atoms with Gasteiger partial charge < -0.3 is 4.90 Å². The summed E-state index contributed by atoms with van der Waals surface area (Å²) >= 11 is 5.62. The number of thiophene rings is 1. The second kappa shape index (κ2) is 8.34.